The van der Waals surface area contributed by atoms with Crippen molar-refractivity contribution in [1.82, 2.24) is 4.98 Å². The lowest BCUT2D eigenvalue weighted by Gasteiger charge is -2.09. The van der Waals surface area contributed by atoms with Crippen molar-refractivity contribution in [3.63, 3.8) is 0 Å². The molecular formula is C12H8F2N2O4S. The molecule has 0 aliphatic heterocycles. The van der Waals surface area contributed by atoms with Crippen LogP contribution in [-0.4, -0.2) is 24.5 Å². The minimum Gasteiger partial charge on any atom is -0.478 e. The summed E-state index contributed by atoms with van der Waals surface area (Å²) in [5, 5.41) is 8.80. The normalized spacial score (nSPS) is 11.1. The molecule has 0 atom stereocenters. The predicted octanol–water partition coefficient (Wildman–Crippen LogP) is 1.86. The van der Waals surface area contributed by atoms with Crippen molar-refractivity contribution in [2.45, 2.75) is 4.90 Å². The summed E-state index contributed by atoms with van der Waals surface area (Å²) in [6, 6.07) is 4.38. The Morgan fingerprint density at radius 1 is 1.19 bits per heavy atom. The highest BCUT2D eigenvalue weighted by Crippen LogP contribution is 2.20. The van der Waals surface area contributed by atoms with E-state index in [4.69, 9.17) is 5.11 Å². The van der Waals surface area contributed by atoms with Crippen LogP contribution in [0.2, 0.25) is 0 Å². The van der Waals surface area contributed by atoms with Crippen LogP contribution in [0.3, 0.4) is 0 Å². The van der Waals surface area contributed by atoms with Gasteiger partial charge in [0.15, 0.2) is 0 Å². The van der Waals surface area contributed by atoms with Crippen molar-refractivity contribution in [3.05, 3.63) is 53.9 Å². The first-order valence-electron chi connectivity index (χ1n) is 5.47. The fourth-order valence-electron chi connectivity index (χ4n) is 1.49. The predicted molar refractivity (Wildman–Crippen MR) is 68.4 cm³/mol. The number of halogens is 2. The van der Waals surface area contributed by atoms with Crippen molar-refractivity contribution in [2.24, 2.45) is 0 Å². The smallest absolute Gasteiger partial charge is 0.335 e. The van der Waals surface area contributed by atoms with E-state index in [-0.39, 0.29) is 11.3 Å². The average Bonchev–Trinajstić information content (AvgIpc) is 2.41. The number of hydrogen-bond donors (Lipinski definition) is 2. The summed E-state index contributed by atoms with van der Waals surface area (Å²) in [6.45, 7) is 0. The van der Waals surface area contributed by atoms with Crippen molar-refractivity contribution in [2.75, 3.05) is 4.72 Å². The van der Waals surface area contributed by atoms with Crippen molar-refractivity contribution in [1.29, 1.82) is 0 Å². The second-order valence-electron chi connectivity index (χ2n) is 3.93. The summed E-state index contributed by atoms with van der Waals surface area (Å²) in [5.74, 6) is -3.31. The van der Waals surface area contributed by atoms with Crippen molar-refractivity contribution >= 4 is 21.7 Å². The molecule has 0 aliphatic rings. The van der Waals surface area contributed by atoms with Gasteiger partial charge in [0.25, 0.3) is 10.0 Å². The number of pyridine rings is 1. The fraction of sp³-hybridized carbons (Fsp3) is 0. The van der Waals surface area contributed by atoms with E-state index in [1.807, 2.05) is 4.72 Å². The van der Waals surface area contributed by atoms with Crippen LogP contribution in [0.25, 0.3) is 0 Å². The molecule has 0 spiro atoms. The van der Waals surface area contributed by atoms with Gasteiger partial charge in [-0.25, -0.2) is 22.6 Å². The number of carboxylic acid groups (broad SMARTS) is 1. The summed E-state index contributed by atoms with van der Waals surface area (Å²) in [7, 11) is -4.36. The topological polar surface area (TPSA) is 96.4 Å². The molecule has 1 aromatic heterocycles. The van der Waals surface area contributed by atoms with Gasteiger partial charge in [0, 0.05) is 0 Å². The highest BCUT2D eigenvalue weighted by Gasteiger charge is 2.21. The van der Waals surface area contributed by atoms with Crippen LogP contribution in [-0.2, 0) is 10.0 Å². The molecule has 0 aliphatic carbocycles. The number of nitrogens with one attached hydrogen (secondary N) is 1. The van der Waals surface area contributed by atoms with E-state index >= 15 is 0 Å². The number of aromatic carboxylic acids is 1. The van der Waals surface area contributed by atoms with E-state index in [9.17, 15) is 22.0 Å². The zero-order valence-electron chi connectivity index (χ0n) is 10.2. The van der Waals surface area contributed by atoms with Crippen LogP contribution in [0.1, 0.15) is 10.4 Å². The molecule has 0 unspecified atom stereocenters. The van der Waals surface area contributed by atoms with Gasteiger partial charge in [-0.2, -0.15) is 4.39 Å². The fourth-order valence-corrected chi connectivity index (χ4v) is 2.64. The van der Waals surface area contributed by atoms with Crippen molar-refractivity contribution < 1.29 is 27.1 Å². The van der Waals surface area contributed by atoms with Gasteiger partial charge in [-0.1, -0.05) is 0 Å². The highest BCUT2D eigenvalue weighted by atomic mass is 32.2. The standard InChI is InChI=1S/C12H8F2N2O4S/c13-9-3-1-7(12(17)18)5-10(9)21(19,20)16-8-2-4-11(14)15-6-8/h1-6,16H,(H,17,18). The zero-order valence-corrected chi connectivity index (χ0v) is 11.1. The van der Waals surface area contributed by atoms with Gasteiger partial charge < -0.3 is 5.11 Å². The van der Waals surface area contributed by atoms with E-state index in [1.54, 1.807) is 0 Å². The first-order chi connectivity index (χ1) is 9.79. The van der Waals surface area contributed by atoms with Gasteiger partial charge in [0.2, 0.25) is 5.95 Å². The third kappa shape index (κ3) is 3.31. The molecule has 9 heteroatoms. The number of carbonyl (C=O) groups is 1. The Labute approximate surface area is 118 Å². The third-order valence-corrected chi connectivity index (χ3v) is 3.84. The van der Waals surface area contributed by atoms with Crippen LogP contribution < -0.4 is 4.72 Å². The third-order valence-electron chi connectivity index (χ3n) is 2.45. The van der Waals surface area contributed by atoms with Crippen LogP contribution >= 0.6 is 0 Å². The number of sulfonamides is 1. The van der Waals surface area contributed by atoms with E-state index in [1.165, 1.54) is 0 Å². The molecule has 1 heterocycles. The molecule has 110 valence electrons. The van der Waals surface area contributed by atoms with E-state index in [2.05, 4.69) is 4.98 Å². The Morgan fingerprint density at radius 3 is 2.48 bits per heavy atom. The molecule has 0 radical (unpaired) electrons. The largest absolute Gasteiger partial charge is 0.478 e. The molecule has 2 aromatic rings. The first-order valence-corrected chi connectivity index (χ1v) is 6.95. The number of hydrogen-bond acceptors (Lipinski definition) is 4. The summed E-state index contributed by atoms with van der Waals surface area (Å²) >= 11 is 0. The molecule has 2 N–H and O–H groups in total. The lowest BCUT2D eigenvalue weighted by atomic mass is 10.2. The van der Waals surface area contributed by atoms with Crippen LogP contribution in [0.5, 0.6) is 0 Å². The molecule has 0 saturated carbocycles. The van der Waals surface area contributed by atoms with Gasteiger partial charge in [-0.3, -0.25) is 4.72 Å². The highest BCUT2D eigenvalue weighted by molar-refractivity contribution is 7.92. The van der Waals surface area contributed by atoms with Crippen LogP contribution in [0.4, 0.5) is 14.5 Å². The summed E-state index contributed by atoms with van der Waals surface area (Å²) < 4.78 is 52.3. The Hall–Kier alpha value is -2.55. The number of benzene rings is 1. The summed E-state index contributed by atoms with van der Waals surface area (Å²) in [5.41, 5.74) is -0.467. The second-order valence-corrected chi connectivity index (χ2v) is 5.58. The molecule has 0 saturated heterocycles. The van der Waals surface area contributed by atoms with Crippen LogP contribution in [0.15, 0.2) is 41.4 Å². The number of aromatic nitrogens is 1. The Kier molecular flexibility index (Phi) is 3.85. The number of anilines is 1. The zero-order chi connectivity index (χ0) is 15.6. The van der Waals surface area contributed by atoms with Gasteiger partial charge in [-0.05, 0) is 30.3 Å². The maximum Gasteiger partial charge on any atom is 0.335 e. The maximum absolute atomic E-state index is 13.6. The number of nitrogens with zero attached hydrogens (tertiary/aromatic N) is 1. The lowest BCUT2D eigenvalue weighted by molar-refractivity contribution is 0.0696. The SMILES string of the molecule is O=C(O)c1ccc(F)c(S(=O)(=O)Nc2ccc(F)nc2)c1. The first kappa shape index (κ1) is 14.9. The molecule has 6 nitrogen and oxygen atoms in total. The molecule has 0 amide bonds. The van der Waals surface area contributed by atoms with E-state index in [0.29, 0.717) is 6.07 Å². The summed E-state index contributed by atoms with van der Waals surface area (Å²) in [6.07, 6.45) is 0.909. The van der Waals surface area contributed by atoms with Gasteiger partial charge in [0.05, 0.1) is 17.4 Å². The molecule has 1 aromatic carbocycles. The Balaban J connectivity index is 2.41. The molecular weight excluding hydrogens is 306 g/mol. The lowest BCUT2D eigenvalue weighted by Crippen LogP contribution is -2.15. The summed E-state index contributed by atoms with van der Waals surface area (Å²) in [4.78, 5) is 13.2. The Bertz CT molecular complexity index is 791. The molecule has 0 bridgehead atoms. The number of rotatable bonds is 4. The maximum atomic E-state index is 13.6. The molecule has 0 fully saturated rings. The second kappa shape index (κ2) is 5.44. The van der Waals surface area contributed by atoms with Gasteiger partial charge >= 0.3 is 5.97 Å². The minimum atomic E-state index is -4.36. The van der Waals surface area contributed by atoms with E-state index < -0.39 is 32.7 Å². The Morgan fingerprint density at radius 2 is 1.90 bits per heavy atom. The van der Waals surface area contributed by atoms with Gasteiger partial charge in [-0.15, -0.1) is 0 Å². The quantitative estimate of drug-likeness (QED) is 0.840. The van der Waals surface area contributed by atoms with Crippen molar-refractivity contribution in [3.8, 4) is 0 Å². The van der Waals surface area contributed by atoms with Crippen LogP contribution in [0, 0.1) is 11.8 Å². The molecule has 21 heavy (non-hydrogen) atoms. The number of carboxylic acids is 1. The van der Waals surface area contributed by atoms with E-state index in [0.717, 1.165) is 30.5 Å². The van der Waals surface area contributed by atoms with Gasteiger partial charge in [0.1, 0.15) is 10.7 Å². The minimum absolute atomic E-state index is 0.0865. The monoisotopic (exact) mass is 314 g/mol. The average molecular weight is 314 g/mol. The molecule has 2 rings (SSSR count).